The van der Waals surface area contributed by atoms with Gasteiger partial charge in [0, 0.05) is 11.4 Å². The zero-order valence-electron chi connectivity index (χ0n) is 14.0. The summed E-state index contributed by atoms with van der Waals surface area (Å²) >= 11 is 1.63. The van der Waals surface area contributed by atoms with Gasteiger partial charge in [-0.3, -0.25) is 4.79 Å². The first-order valence-corrected chi connectivity index (χ1v) is 9.17. The number of nitrogens with one attached hydrogen (secondary N) is 1. The van der Waals surface area contributed by atoms with E-state index in [1.165, 1.54) is 6.07 Å². The lowest BCUT2D eigenvalue weighted by molar-refractivity contribution is -0.153. The Morgan fingerprint density at radius 1 is 1.27 bits per heavy atom. The van der Waals surface area contributed by atoms with Crippen molar-refractivity contribution in [2.45, 2.75) is 25.1 Å². The first-order valence-electron chi connectivity index (χ1n) is 8.29. The van der Waals surface area contributed by atoms with Crippen LogP contribution in [0.5, 0.6) is 5.75 Å². The molecule has 1 saturated heterocycles. The molecule has 1 atom stereocenters. The highest BCUT2D eigenvalue weighted by Crippen LogP contribution is 2.34. The topological polar surface area (TPSA) is 41.6 Å². The average molecular weight is 384 g/mol. The van der Waals surface area contributed by atoms with Crippen LogP contribution in [0.3, 0.4) is 0 Å². The van der Waals surface area contributed by atoms with Gasteiger partial charge in [0.1, 0.15) is 5.75 Å². The summed E-state index contributed by atoms with van der Waals surface area (Å²) in [7, 11) is 0. The SMILES string of the molecule is O=C(CNc1ccccc1OCC(F)(F)F)N1CCC[C@H]1c1cccs1. The van der Waals surface area contributed by atoms with Crippen molar-refractivity contribution in [3.8, 4) is 5.75 Å². The van der Waals surface area contributed by atoms with Gasteiger partial charge < -0.3 is 15.0 Å². The molecule has 140 valence electrons. The van der Waals surface area contributed by atoms with E-state index in [-0.39, 0.29) is 24.2 Å². The van der Waals surface area contributed by atoms with Gasteiger partial charge in [0.2, 0.25) is 5.91 Å². The van der Waals surface area contributed by atoms with Crippen LogP contribution in [-0.4, -0.2) is 36.7 Å². The average Bonchev–Trinajstić information content (AvgIpc) is 3.28. The van der Waals surface area contributed by atoms with Crippen LogP contribution < -0.4 is 10.1 Å². The number of rotatable bonds is 6. The van der Waals surface area contributed by atoms with Crippen molar-refractivity contribution in [3.63, 3.8) is 0 Å². The molecule has 2 aromatic rings. The van der Waals surface area contributed by atoms with Gasteiger partial charge in [0.25, 0.3) is 0 Å². The molecule has 1 fully saturated rings. The Bertz CT molecular complexity index is 734. The highest BCUT2D eigenvalue weighted by atomic mass is 32.1. The highest BCUT2D eigenvalue weighted by Gasteiger charge is 2.31. The smallest absolute Gasteiger partial charge is 0.422 e. The number of thiophene rings is 1. The molecule has 0 bridgehead atoms. The van der Waals surface area contributed by atoms with E-state index in [9.17, 15) is 18.0 Å². The molecular weight excluding hydrogens is 365 g/mol. The molecule has 1 amide bonds. The molecule has 1 aliphatic rings. The van der Waals surface area contributed by atoms with Gasteiger partial charge >= 0.3 is 6.18 Å². The predicted octanol–water partition coefficient (Wildman–Crippen LogP) is 4.46. The summed E-state index contributed by atoms with van der Waals surface area (Å²) in [5.41, 5.74) is 0.372. The number of nitrogens with zero attached hydrogens (tertiary/aromatic N) is 1. The second-order valence-corrected chi connectivity index (χ2v) is 6.99. The van der Waals surface area contributed by atoms with E-state index >= 15 is 0 Å². The van der Waals surface area contributed by atoms with E-state index in [2.05, 4.69) is 5.32 Å². The third kappa shape index (κ3) is 4.69. The van der Waals surface area contributed by atoms with Gasteiger partial charge in [0.05, 0.1) is 18.3 Å². The molecule has 26 heavy (non-hydrogen) atoms. The number of para-hydroxylation sites is 2. The molecule has 1 aromatic heterocycles. The molecule has 0 saturated carbocycles. The summed E-state index contributed by atoms with van der Waals surface area (Å²) in [5, 5.41) is 4.90. The molecule has 0 spiro atoms. The van der Waals surface area contributed by atoms with Gasteiger partial charge in [-0.1, -0.05) is 18.2 Å². The fourth-order valence-electron chi connectivity index (χ4n) is 3.01. The fourth-order valence-corrected chi connectivity index (χ4v) is 3.89. The Labute approximate surface area is 153 Å². The van der Waals surface area contributed by atoms with Gasteiger partial charge in [-0.2, -0.15) is 13.2 Å². The number of hydrogen-bond acceptors (Lipinski definition) is 4. The lowest BCUT2D eigenvalue weighted by Gasteiger charge is -2.24. The number of carbonyl (C=O) groups is 1. The molecular formula is C18H19F3N2O2S. The number of anilines is 1. The van der Waals surface area contributed by atoms with Crippen LogP contribution >= 0.6 is 11.3 Å². The van der Waals surface area contributed by atoms with Crippen molar-refractivity contribution in [2.75, 3.05) is 25.0 Å². The number of likely N-dealkylation sites (tertiary alicyclic amines) is 1. The first kappa shape index (κ1) is 18.6. The maximum Gasteiger partial charge on any atom is 0.422 e. The Balaban J connectivity index is 1.61. The summed E-state index contributed by atoms with van der Waals surface area (Å²) < 4.78 is 41.9. The minimum Gasteiger partial charge on any atom is -0.482 e. The monoisotopic (exact) mass is 384 g/mol. The molecule has 1 aromatic carbocycles. The summed E-state index contributed by atoms with van der Waals surface area (Å²) in [5.74, 6) is 0.000350. The van der Waals surface area contributed by atoms with Crippen LogP contribution in [0.15, 0.2) is 41.8 Å². The van der Waals surface area contributed by atoms with Gasteiger partial charge in [-0.15, -0.1) is 11.3 Å². The zero-order chi connectivity index (χ0) is 18.6. The minimum atomic E-state index is -4.41. The van der Waals surface area contributed by atoms with E-state index < -0.39 is 12.8 Å². The molecule has 2 heterocycles. The van der Waals surface area contributed by atoms with Gasteiger partial charge in [-0.05, 0) is 36.4 Å². The van der Waals surface area contributed by atoms with E-state index in [1.807, 2.05) is 22.4 Å². The van der Waals surface area contributed by atoms with E-state index in [1.54, 1.807) is 29.5 Å². The van der Waals surface area contributed by atoms with E-state index in [0.717, 1.165) is 17.7 Å². The molecule has 0 unspecified atom stereocenters. The first-order chi connectivity index (χ1) is 12.4. The molecule has 4 nitrogen and oxygen atoms in total. The predicted molar refractivity (Wildman–Crippen MR) is 94.5 cm³/mol. The lowest BCUT2D eigenvalue weighted by Crippen LogP contribution is -2.34. The molecule has 1 N–H and O–H groups in total. The number of hydrogen-bond donors (Lipinski definition) is 1. The quantitative estimate of drug-likeness (QED) is 0.799. The Hall–Kier alpha value is -2.22. The summed E-state index contributed by atoms with van der Waals surface area (Å²) in [6.45, 7) is -0.671. The third-order valence-electron chi connectivity index (χ3n) is 4.15. The summed E-state index contributed by atoms with van der Waals surface area (Å²) in [6.07, 6.45) is -2.54. The summed E-state index contributed by atoms with van der Waals surface area (Å²) in [6, 6.07) is 10.4. The maximum atomic E-state index is 12.6. The number of alkyl halides is 3. The second kappa shape index (κ2) is 7.99. The van der Waals surface area contributed by atoms with Crippen molar-refractivity contribution in [1.29, 1.82) is 0 Å². The fraction of sp³-hybridized carbons (Fsp3) is 0.389. The summed E-state index contributed by atoms with van der Waals surface area (Å²) in [4.78, 5) is 15.6. The Kier molecular flexibility index (Phi) is 5.70. The molecule has 0 aliphatic carbocycles. The van der Waals surface area contributed by atoms with Crippen molar-refractivity contribution in [1.82, 2.24) is 4.90 Å². The number of amides is 1. The minimum absolute atomic E-state index is 0.00820. The highest BCUT2D eigenvalue weighted by molar-refractivity contribution is 7.10. The van der Waals surface area contributed by atoms with E-state index in [4.69, 9.17) is 4.74 Å². The third-order valence-corrected chi connectivity index (χ3v) is 5.13. The molecule has 0 radical (unpaired) electrons. The van der Waals surface area contributed by atoms with Crippen LogP contribution in [0, 0.1) is 0 Å². The standard InChI is InChI=1S/C18H19F3N2O2S/c19-18(20,21)12-25-15-7-2-1-5-13(15)22-11-17(24)23-9-3-6-14(23)16-8-4-10-26-16/h1-2,4-5,7-8,10,14,22H,3,6,9,11-12H2/t14-/m0/s1. The maximum absolute atomic E-state index is 12.6. The molecule has 1 aliphatic heterocycles. The Morgan fingerprint density at radius 2 is 2.08 bits per heavy atom. The molecule has 3 rings (SSSR count). The van der Waals surface area contributed by atoms with Crippen molar-refractivity contribution in [3.05, 3.63) is 46.7 Å². The van der Waals surface area contributed by atoms with E-state index in [0.29, 0.717) is 12.2 Å². The van der Waals surface area contributed by atoms with Gasteiger partial charge in [0.15, 0.2) is 6.61 Å². The van der Waals surface area contributed by atoms with Crippen LogP contribution in [0.1, 0.15) is 23.8 Å². The largest absolute Gasteiger partial charge is 0.482 e. The van der Waals surface area contributed by atoms with Crippen molar-refractivity contribution in [2.24, 2.45) is 0 Å². The van der Waals surface area contributed by atoms with Crippen molar-refractivity contribution >= 4 is 22.9 Å². The number of carbonyl (C=O) groups excluding carboxylic acids is 1. The van der Waals surface area contributed by atoms with Crippen LogP contribution in [0.2, 0.25) is 0 Å². The van der Waals surface area contributed by atoms with Gasteiger partial charge in [-0.25, -0.2) is 0 Å². The Morgan fingerprint density at radius 3 is 2.81 bits per heavy atom. The number of ether oxygens (including phenoxy) is 1. The van der Waals surface area contributed by atoms with Crippen molar-refractivity contribution < 1.29 is 22.7 Å². The lowest BCUT2D eigenvalue weighted by atomic mass is 10.2. The number of benzene rings is 1. The normalized spacial score (nSPS) is 17.3. The number of halogens is 3. The van der Waals surface area contributed by atoms with Crippen LogP contribution in [0.25, 0.3) is 0 Å². The second-order valence-electron chi connectivity index (χ2n) is 6.01. The molecule has 8 heteroatoms. The van der Waals surface area contributed by atoms with Crippen LogP contribution in [0.4, 0.5) is 18.9 Å². The van der Waals surface area contributed by atoms with Crippen LogP contribution in [-0.2, 0) is 4.79 Å². The zero-order valence-corrected chi connectivity index (χ0v) is 14.8.